The van der Waals surface area contributed by atoms with Gasteiger partial charge in [0, 0.05) is 29.3 Å². The number of ether oxygens (including phenoxy) is 2. The lowest BCUT2D eigenvalue weighted by Gasteiger charge is -2.33. The number of anilines is 1. The van der Waals surface area contributed by atoms with Gasteiger partial charge in [0.25, 0.3) is 0 Å². The SMILES string of the molecule is c1ccc2c(N[C@@H]3CCOC[C@H]3OCc3cscn3)ccnc2c1. The summed E-state index contributed by atoms with van der Waals surface area (Å²) in [6.07, 6.45) is 2.76. The number of nitrogens with one attached hydrogen (secondary N) is 1. The molecule has 0 spiro atoms. The standard InChI is InChI=1S/C18H19N3O2S/c1-2-4-15-14(3-1)16(5-7-19-15)21-17-6-8-22-10-18(17)23-9-13-11-24-12-20-13/h1-5,7,11-12,17-18H,6,8-10H2,(H,19,21)/t17-,18-/m1/s1. The Hall–Kier alpha value is -2.02. The van der Waals surface area contributed by atoms with Crippen molar-refractivity contribution in [3.63, 3.8) is 0 Å². The first-order valence-corrected chi connectivity index (χ1v) is 9.01. The van der Waals surface area contributed by atoms with Gasteiger partial charge in [-0.3, -0.25) is 4.98 Å². The zero-order chi connectivity index (χ0) is 16.2. The van der Waals surface area contributed by atoms with Gasteiger partial charge in [-0.2, -0.15) is 0 Å². The summed E-state index contributed by atoms with van der Waals surface area (Å²) in [6.45, 7) is 1.87. The average molecular weight is 341 g/mol. The highest BCUT2D eigenvalue weighted by Gasteiger charge is 2.27. The molecule has 0 unspecified atom stereocenters. The van der Waals surface area contributed by atoms with Crippen molar-refractivity contribution in [1.82, 2.24) is 9.97 Å². The summed E-state index contributed by atoms with van der Waals surface area (Å²) >= 11 is 1.59. The number of rotatable bonds is 5. The summed E-state index contributed by atoms with van der Waals surface area (Å²) in [6, 6.07) is 10.4. The number of thiazole rings is 1. The van der Waals surface area contributed by atoms with Gasteiger partial charge >= 0.3 is 0 Å². The molecule has 1 N–H and O–H groups in total. The Morgan fingerprint density at radius 3 is 3.12 bits per heavy atom. The van der Waals surface area contributed by atoms with Crippen LogP contribution in [0.15, 0.2) is 47.4 Å². The lowest BCUT2D eigenvalue weighted by Crippen LogP contribution is -2.43. The van der Waals surface area contributed by atoms with Gasteiger partial charge in [-0.05, 0) is 18.6 Å². The second-order valence-electron chi connectivity index (χ2n) is 5.82. The third kappa shape index (κ3) is 3.40. The van der Waals surface area contributed by atoms with Crippen LogP contribution in [-0.2, 0) is 16.1 Å². The summed E-state index contributed by atoms with van der Waals surface area (Å²) < 4.78 is 11.7. The maximum absolute atomic E-state index is 6.07. The lowest BCUT2D eigenvalue weighted by atomic mass is 10.0. The fraction of sp³-hybridized carbons (Fsp3) is 0.333. The Morgan fingerprint density at radius 2 is 2.21 bits per heavy atom. The third-order valence-electron chi connectivity index (χ3n) is 4.22. The summed E-state index contributed by atoms with van der Waals surface area (Å²) in [5.41, 5.74) is 4.89. The van der Waals surface area contributed by atoms with Gasteiger partial charge in [-0.15, -0.1) is 11.3 Å². The maximum atomic E-state index is 6.07. The van der Waals surface area contributed by atoms with Crippen molar-refractivity contribution < 1.29 is 9.47 Å². The first kappa shape index (κ1) is 15.5. The van der Waals surface area contributed by atoms with Crippen LogP contribution in [0, 0.1) is 0 Å². The second kappa shape index (κ2) is 7.25. The molecule has 6 heteroatoms. The molecule has 0 radical (unpaired) electrons. The fourth-order valence-corrected chi connectivity index (χ4v) is 3.51. The van der Waals surface area contributed by atoms with Crippen LogP contribution < -0.4 is 5.32 Å². The van der Waals surface area contributed by atoms with E-state index in [1.165, 1.54) is 0 Å². The summed E-state index contributed by atoms with van der Waals surface area (Å²) in [7, 11) is 0. The molecule has 0 bridgehead atoms. The highest BCUT2D eigenvalue weighted by molar-refractivity contribution is 7.07. The maximum Gasteiger partial charge on any atom is 0.101 e. The number of para-hydroxylation sites is 1. The molecule has 0 saturated carbocycles. The van der Waals surface area contributed by atoms with E-state index in [1.54, 1.807) is 11.3 Å². The van der Waals surface area contributed by atoms with Gasteiger partial charge < -0.3 is 14.8 Å². The van der Waals surface area contributed by atoms with Gasteiger partial charge in [0.2, 0.25) is 0 Å². The number of pyridine rings is 1. The van der Waals surface area contributed by atoms with Gasteiger partial charge in [-0.25, -0.2) is 4.98 Å². The first-order chi connectivity index (χ1) is 11.9. The quantitative estimate of drug-likeness (QED) is 0.770. The van der Waals surface area contributed by atoms with Crippen LogP contribution in [0.1, 0.15) is 12.1 Å². The molecule has 3 heterocycles. The van der Waals surface area contributed by atoms with Crippen LogP contribution >= 0.6 is 11.3 Å². The highest BCUT2D eigenvalue weighted by atomic mass is 32.1. The van der Waals surface area contributed by atoms with Crippen LogP contribution in [0.3, 0.4) is 0 Å². The van der Waals surface area contributed by atoms with E-state index in [-0.39, 0.29) is 12.1 Å². The number of benzene rings is 1. The third-order valence-corrected chi connectivity index (χ3v) is 4.86. The van der Waals surface area contributed by atoms with Crippen LogP contribution in [0.25, 0.3) is 10.9 Å². The average Bonchev–Trinajstić information content (AvgIpc) is 3.15. The molecule has 1 aromatic carbocycles. The monoisotopic (exact) mass is 341 g/mol. The van der Waals surface area contributed by atoms with Gasteiger partial charge in [0.05, 0.1) is 36.0 Å². The van der Waals surface area contributed by atoms with Crippen LogP contribution in [-0.4, -0.2) is 35.3 Å². The Labute approximate surface area is 144 Å². The van der Waals surface area contributed by atoms with E-state index in [1.807, 2.05) is 41.4 Å². The molecule has 1 aliphatic heterocycles. The Bertz CT molecular complexity index is 789. The van der Waals surface area contributed by atoms with Crippen LogP contribution in [0.5, 0.6) is 0 Å². The van der Waals surface area contributed by atoms with E-state index in [2.05, 4.69) is 21.4 Å². The van der Waals surface area contributed by atoms with Crippen LogP contribution in [0.2, 0.25) is 0 Å². The minimum Gasteiger partial charge on any atom is -0.379 e. The van der Waals surface area contributed by atoms with E-state index in [0.29, 0.717) is 13.2 Å². The molecule has 1 aliphatic rings. The van der Waals surface area contributed by atoms with Crippen LogP contribution in [0.4, 0.5) is 5.69 Å². The molecule has 2 atom stereocenters. The molecule has 24 heavy (non-hydrogen) atoms. The van der Waals surface area contributed by atoms with Crippen molar-refractivity contribution in [3.8, 4) is 0 Å². The van der Waals surface area contributed by atoms with Gasteiger partial charge in [-0.1, -0.05) is 18.2 Å². The van der Waals surface area contributed by atoms with Gasteiger partial charge in [0.15, 0.2) is 0 Å². The normalized spacial score (nSPS) is 21.0. The molecule has 0 aliphatic carbocycles. The van der Waals surface area contributed by atoms with Crippen molar-refractivity contribution in [3.05, 3.63) is 53.1 Å². The molecule has 4 rings (SSSR count). The molecule has 2 aromatic heterocycles. The largest absolute Gasteiger partial charge is 0.379 e. The van der Waals surface area contributed by atoms with Crippen molar-refractivity contribution in [1.29, 1.82) is 0 Å². The molecule has 3 aromatic rings. The molecular formula is C18H19N3O2S. The number of hydrogen-bond donors (Lipinski definition) is 1. The number of fused-ring (bicyclic) bond motifs is 1. The molecule has 1 fully saturated rings. The number of hydrogen-bond acceptors (Lipinski definition) is 6. The number of aromatic nitrogens is 2. The van der Waals surface area contributed by atoms with E-state index < -0.39 is 0 Å². The first-order valence-electron chi connectivity index (χ1n) is 8.07. The Morgan fingerprint density at radius 1 is 1.25 bits per heavy atom. The predicted molar refractivity (Wildman–Crippen MR) is 95.3 cm³/mol. The van der Waals surface area contributed by atoms with Gasteiger partial charge in [0.1, 0.15) is 6.10 Å². The minimum absolute atomic E-state index is 0.00683. The summed E-state index contributed by atoms with van der Waals surface area (Å²) in [5, 5.41) is 6.79. The zero-order valence-corrected chi connectivity index (χ0v) is 14.0. The minimum atomic E-state index is 0.00683. The van der Waals surface area contributed by atoms with Crippen molar-refractivity contribution in [2.24, 2.45) is 0 Å². The predicted octanol–water partition coefficient (Wildman–Crippen LogP) is 3.48. The van der Waals surface area contributed by atoms with E-state index >= 15 is 0 Å². The Balaban J connectivity index is 1.50. The molecule has 124 valence electrons. The Kier molecular flexibility index (Phi) is 4.69. The smallest absolute Gasteiger partial charge is 0.101 e. The fourth-order valence-electron chi connectivity index (χ4n) is 2.96. The topological polar surface area (TPSA) is 56.3 Å². The summed E-state index contributed by atoms with van der Waals surface area (Å²) in [4.78, 5) is 8.70. The van der Waals surface area contributed by atoms with E-state index in [0.717, 1.165) is 35.3 Å². The van der Waals surface area contributed by atoms with Crippen molar-refractivity contribution in [2.75, 3.05) is 18.5 Å². The van der Waals surface area contributed by atoms with E-state index in [9.17, 15) is 0 Å². The summed E-state index contributed by atoms with van der Waals surface area (Å²) in [5.74, 6) is 0. The highest BCUT2D eigenvalue weighted by Crippen LogP contribution is 2.25. The molecule has 1 saturated heterocycles. The van der Waals surface area contributed by atoms with E-state index in [4.69, 9.17) is 9.47 Å². The lowest BCUT2D eigenvalue weighted by molar-refractivity contribution is -0.0643. The number of nitrogens with zero attached hydrogens (tertiary/aromatic N) is 2. The van der Waals surface area contributed by atoms with Crippen molar-refractivity contribution in [2.45, 2.75) is 25.2 Å². The molecule has 5 nitrogen and oxygen atoms in total. The molecule has 0 amide bonds. The second-order valence-corrected chi connectivity index (χ2v) is 6.54. The molecular weight excluding hydrogens is 322 g/mol. The van der Waals surface area contributed by atoms with Crippen molar-refractivity contribution >= 4 is 27.9 Å². The zero-order valence-electron chi connectivity index (χ0n) is 13.2.